The molecule has 1 aliphatic rings. The second-order valence-corrected chi connectivity index (χ2v) is 5.25. The fraction of sp³-hybridized carbons (Fsp3) is 0.0588. The van der Waals surface area contributed by atoms with Crippen molar-refractivity contribution in [1.82, 2.24) is 0 Å². The lowest BCUT2D eigenvalue weighted by Gasteiger charge is -2.20. The van der Waals surface area contributed by atoms with Crippen LogP contribution in [0.2, 0.25) is 0 Å². The molecule has 25 heavy (non-hydrogen) atoms. The van der Waals surface area contributed by atoms with Crippen molar-refractivity contribution in [2.45, 2.75) is 6.18 Å². The van der Waals surface area contributed by atoms with Crippen LogP contribution in [-0.2, 0) is 15.8 Å². The second-order valence-electron chi connectivity index (χ2n) is 5.25. The Morgan fingerprint density at radius 3 is 2.36 bits per heavy atom. The Morgan fingerprint density at radius 1 is 1.00 bits per heavy atom. The van der Waals surface area contributed by atoms with Gasteiger partial charge in [0, 0.05) is 11.8 Å². The molecule has 2 aromatic carbocycles. The van der Waals surface area contributed by atoms with Gasteiger partial charge in [-0.3, -0.25) is 9.59 Å². The Kier molecular flexibility index (Phi) is 4.18. The van der Waals surface area contributed by atoms with E-state index < -0.39 is 23.6 Å². The third-order valence-electron chi connectivity index (χ3n) is 3.42. The maximum atomic E-state index is 12.7. The first-order valence-corrected chi connectivity index (χ1v) is 7.20. The molecule has 0 saturated carbocycles. The maximum absolute atomic E-state index is 12.7. The van der Waals surface area contributed by atoms with Gasteiger partial charge < -0.3 is 16.0 Å². The van der Waals surface area contributed by atoms with Crippen molar-refractivity contribution >= 4 is 28.9 Å². The average molecular weight is 347 g/mol. The molecule has 0 unspecified atom stereocenters. The van der Waals surface area contributed by atoms with Gasteiger partial charge in [-0.15, -0.1) is 0 Å². The molecule has 1 heterocycles. The monoisotopic (exact) mass is 347 g/mol. The minimum absolute atomic E-state index is 0.0109. The minimum atomic E-state index is -4.51. The van der Waals surface area contributed by atoms with Gasteiger partial charge in [-0.1, -0.05) is 18.2 Å². The summed E-state index contributed by atoms with van der Waals surface area (Å²) < 4.78 is 38.0. The highest BCUT2D eigenvalue weighted by Crippen LogP contribution is 2.31. The Hall–Kier alpha value is -3.29. The topological polar surface area (TPSA) is 70.2 Å². The minimum Gasteiger partial charge on any atom is -0.349 e. The van der Waals surface area contributed by atoms with Gasteiger partial charge in [-0.2, -0.15) is 13.2 Å². The number of hydrogen-bond acceptors (Lipinski definition) is 3. The fourth-order valence-electron chi connectivity index (χ4n) is 2.28. The van der Waals surface area contributed by atoms with Gasteiger partial charge in [0.05, 0.1) is 16.9 Å². The van der Waals surface area contributed by atoms with Crippen LogP contribution in [0.25, 0.3) is 0 Å². The van der Waals surface area contributed by atoms with Crippen molar-refractivity contribution in [3.8, 4) is 0 Å². The number of fused-ring (bicyclic) bond motifs is 1. The molecule has 1 aliphatic heterocycles. The van der Waals surface area contributed by atoms with Crippen molar-refractivity contribution in [3.63, 3.8) is 0 Å². The number of nitrogens with one attached hydrogen (secondary N) is 3. The summed E-state index contributed by atoms with van der Waals surface area (Å²) in [6.45, 7) is 0. The van der Waals surface area contributed by atoms with E-state index in [1.807, 2.05) is 0 Å². The number of carbonyl (C=O) groups excluding carboxylic acids is 2. The van der Waals surface area contributed by atoms with Crippen molar-refractivity contribution in [2.75, 3.05) is 16.0 Å². The van der Waals surface area contributed by atoms with Crippen molar-refractivity contribution in [1.29, 1.82) is 0 Å². The molecule has 0 bridgehead atoms. The molecule has 128 valence electrons. The summed E-state index contributed by atoms with van der Waals surface area (Å²) in [5.41, 5.74) is 0.278. The van der Waals surface area contributed by atoms with Crippen LogP contribution in [0.1, 0.15) is 5.56 Å². The van der Waals surface area contributed by atoms with E-state index in [1.165, 1.54) is 12.1 Å². The molecule has 5 nitrogen and oxygen atoms in total. The highest BCUT2D eigenvalue weighted by Gasteiger charge is 2.30. The Morgan fingerprint density at radius 2 is 1.68 bits per heavy atom. The predicted molar refractivity (Wildman–Crippen MR) is 86.9 cm³/mol. The summed E-state index contributed by atoms with van der Waals surface area (Å²) in [6.07, 6.45) is -3.51. The van der Waals surface area contributed by atoms with E-state index in [-0.39, 0.29) is 11.4 Å². The van der Waals surface area contributed by atoms with Gasteiger partial charge in [0.2, 0.25) is 0 Å². The summed E-state index contributed by atoms with van der Waals surface area (Å²) in [7, 11) is 0. The average Bonchev–Trinajstić information content (AvgIpc) is 2.55. The second kappa shape index (κ2) is 6.31. The van der Waals surface area contributed by atoms with Crippen LogP contribution in [0.5, 0.6) is 0 Å². The zero-order valence-electron chi connectivity index (χ0n) is 12.6. The Bertz CT molecular complexity index is 875. The zero-order chi connectivity index (χ0) is 18.0. The molecule has 3 rings (SSSR count). The smallest absolute Gasteiger partial charge is 0.349 e. The lowest BCUT2D eigenvalue weighted by atomic mass is 10.2. The number of alkyl halides is 3. The van der Waals surface area contributed by atoms with E-state index in [0.29, 0.717) is 11.4 Å². The molecule has 0 saturated heterocycles. The summed E-state index contributed by atoms with van der Waals surface area (Å²) in [6, 6.07) is 11.1. The van der Waals surface area contributed by atoms with Crippen molar-refractivity contribution in [2.24, 2.45) is 0 Å². The van der Waals surface area contributed by atoms with E-state index in [4.69, 9.17) is 0 Å². The summed E-state index contributed by atoms with van der Waals surface area (Å²) in [5, 5.41) is 7.73. The SMILES string of the molecule is O=C(/C=C1/Nc2ccccc2NC1=O)Nc1cccc(C(F)(F)F)c1. The lowest BCUT2D eigenvalue weighted by Crippen LogP contribution is -2.27. The number of para-hydroxylation sites is 2. The molecule has 0 aromatic heterocycles. The number of rotatable bonds is 2. The van der Waals surface area contributed by atoms with Crippen LogP contribution in [0.4, 0.5) is 30.2 Å². The summed E-state index contributed by atoms with van der Waals surface area (Å²) >= 11 is 0. The number of benzene rings is 2. The third kappa shape index (κ3) is 3.79. The highest BCUT2D eigenvalue weighted by molar-refractivity contribution is 6.15. The first kappa shape index (κ1) is 16.6. The maximum Gasteiger partial charge on any atom is 0.416 e. The summed E-state index contributed by atoms with van der Waals surface area (Å²) in [4.78, 5) is 24.0. The van der Waals surface area contributed by atoms with Gasteiger partial charge in [0.1, 0.15) is 5.70 Å². The molecule has 3 N–H and O–H groups in total. The molecule has 0 radical (unpaired) electrons. The van der Waals surface area contributed by atoms with Crippen LogP contribution in [0.15, 0.2) is 60.3 Å². The molecule has 2 amide bonds. The fourth-order valence-corrected chi connectivity index (χ4v) is 2.28. The van der Waals surface area contributed by atoms with Crippen LogP contribution in [0.3, 0.4) is 0 Å². The number of halogens is 3. The number of anilines is 3. The van der Waals surface area contributed by atoms with E-state index in [0.717, 1.165) is 18.2 Å². The van der Waals surface area contributed by atoms with Gasteiger partial charge in [0.25, 0.3) is 11.8 Å². The first-order chi connectivity index (χ1) is 11.8. The third-order valence-corrected chi connectivity index (χ3v) is 3.42. The van der Waals surface area contributed by atoms with Crippen LogP contribution >= 0.6 is 0 Å². The van der Waals surface area contributed by atoms with E-state index in [2.05, 4.69) is 16.0 Å². The standard InChI is InChI=1S/C17H12F3N3O2/c18-17(19,20)10-4-3-5-11(8-10)21-15(24)9-14-16(25)23-13-7-2-1-6-12(13)22-14/h1-9,22H,(H,21,24)(H,23,25)/b14-9+. The van der Waals surface area contributed by atoms with Crippen LogP contribution < -0.4 is 16.0 Å². The van der Waals surface area contributed by atoms with Crippen LogP contribution in [0, 0.1) is 0 Å². The van der Waals surface area contributed by atoms with Gasteiger partial charge >= 0.3 is 6.18 Å². The number of carbonyl (C=O) groups is 2. The highest BCUT2D eigenvalue weighted by atomic mass is 19.4. The molecular weight excluding hydrogens is 335 g/mol. The van der Waals surface area contributed by atoms with Crippen molar-refractivity contribution in [3.05, 3.63) is 65.9 Å². The first-order valence-electron chi connectivity index (χ1n) is 7.20. The molecule has 0 spiro atoms. The molecular formula is C17H12F3N3O2. The van der Waals surface area contributed by atoms with Crippen molar-refractivity contribution < 1.29 is 22.8 Å². The van der Waals surface area contributed by atoms with Gasteiger partial charge in [-0.25, -0.2) is 0 Å². The molecule has 2 aromatic rings. The predicted octanol–water partition coefficient (Wildman–Crippen LogP) is 3.59. The quantitative estimate of drug-likeness (QED) is 0.727. The van der Waals surface area contributed by atoms with E-state index in [9.17, 15) is 22.8 Å². The zero-order valence-corrected chi connectivity index (χ0v) is 12.6. The normalized spacial score (nSPS) is 15.2. The lowest BCUT2D eigenvalue weighted by molar-refractivity contribution is -0.137. The Labute approximate surface area is 140 Å². The molecule has 0 aliphatic carbocycles. The molecule has 0 fully saturated rings. The van der Waals surface area contributed by atoms with Gasteiger partial charge in [0.15, 0.2) is 0 Å². The number of amides is 2. The summed E-state index contributed by atoms with van der Waals surface area (Å²) in [5.74, 6) is -1.24. The largest absolute Gasteiger partial charge is 0.416 e. The molecule has 0 atom stereocenters. The number of hydrogen-bond donors (Lipinski definition) is 3. The van der Waals surface area contributed by atoms with Crippen LogP contribution in [-0.4, -0.2) is 11.8 Å². The Balaban J connectivity index is 1.77. The van der Waals surface area contributed by atoms with Gasteiger partial charge in [-0.05, 0) is 30.3 Å². The van der Waals surface area contributed by atoms with E-state index >= 15 is 0 Å². The van der Waals surface area contributed by atoms with E-state index in [1.54, 1.807) is 24.3 Å². The molecule has 8 heteroatoms.